The summed E-state index contributed by atoms with van der Waals surface area (Å²) in [6.07, 6.45) is 12.9. The van der Waals surface area contributed by atoms with Gasteiger partial charge in [0.05, 0.1) is 0 Å². The van der Waals surface area contributed by atoms with E-state index in [0.717, 1.165) is 12.8 Å². The van der Waals surface area contributed by atoms with Gasteiger partial charge in [-0.3, -0.25) is 0 Å². The Bertz CT molecular complexity index is 230. The molecule has 1 atom stereocenters. The number of hydrogen-bond acceptors (Lipinski definition) is 4. The van der Waals surface area contributed by atoms with Crippen molar-refractivity contribution in [3.63, 3.8) is 0 Å². The van der Waals surface area contributed by atoms with Gasteiger partial charge in [-0.1, -0.05) is 58.3 Å². The zero-order valence-corrected chi connectivity index (χ0v) is 14.6. The molecule has 0 aliphatic rings. The highest BCUT2D eigenvalue weighted by Gasteiger charge is 2.33. The summed E-state index contributed by atoms with van der Waals surface area (Å²) >= 11 is 0. The molecule has 134 valence electrons. The zero-order chi connectivity index (χ0) is 16.7. The maximum atomic E-state index is 9.28. The van der Waals surface area contributed by atoms with Gasteiger partial charge in [-0.2, -0.15) is 0 Å². The van der Waals surface area contributed by atoms with E-state index in [1.807, 2.05) is 0 Å². The highest BCUT2D eigenvalue weighted by Crippen LogP contribution is 2.30. The van der Waals surface area contributed by atoms with Crippen LogP contribution in [0.15, 0.2) is 0 Å². The molecule has 4 heteroatoms. The summed E-state index contributed by atoms with van der Waals surface area (Å²) in [5.74, 6) is 0.178. The van der Waals surface area contributed by atoms with E-state index in [1.54, 1.807) is 0 Å². The smallest absolute Gasteiger partial charge is 0.0448 e. The first-order chi connectivity index (χ1) is 10.6. The zero-order valence-electron chi connectivity index (χ0n) is 14.6. The van der Waals surface area contributed by atoms with Crippen LogP contribution in [0.5, 0.6) is 0 Å². The van der Waals surface area contributed by atoms with E-state index in [1.165, 1.54) is 44.9 Å². The molecule has 4 nitrogen and oxygen atoms in total. The molecule has 0 heterocycles. The van der Waals surface area contributed by atoms with Gasteiger partial charge in [0, 0.05) is 25.4 Å². The molecule has 0 spiro atoms. The second kappa shape index (κ2) is 14.4. The van der Waals surface area contributed by atoms with Gasteiger partial charge in [0.2, 0.25) is 0 Å². The fourth-order valence-corrected chi connectivity index (χ4v) is 3.35. The van der Waals surface area contributed by atoms with E-state index in [2.05, 4.69) is 6.92 Å². The van der Waals surface area contributed by atoms with E-state index in [9.17, 15) is 15.3 Å². The largest absolute Gasteiger partial charge is 0.396 e. The van der Waals surface area contributed by atoms with Gasteiger partial charge in [-0.15, -0.1) is 0 Å². The quantitative estimate of drug-likeness (QED) is 0.330. The van der Waals surface area contributed by atoms with Crippen molar-refractivity contribution in [2.24, 2.45) is 11.7 Å². The number of nitrogens with two attached hydrogens (primary N) is 1. The van der Waals surface area contributed by atoms with Crippen molar-refractivity contribution in [1.29, 1.82) is 0 Å². The Labute approximate surface area is 137 Å². The van der Waals surface area contributed by atoms with Crippen molar-refractivity contribution in [3.8, 4) is 0 Å². The third-order valence-corrected chi connectivity index (χ3v) is 4.85. The Morgan fingerprint density at radius 2 is 1.23 bits per heavy atom. The van der Waals surface area contributed by atoms with Gasteiger partial charge >= 0.3 is 0 Å². The molecule has 1 unspecified atom stereocenters. The van der Waals surface area contributed by atoms with Crippen molar-refractivity contribution >= 4 is 0 Å². The molecular weight excluding hydrogens is 278 g/mol. The summed E-state index contributed by atoms with van der Waals surface area (Å²) in [6, 6.07) is 0. The van der Waals surface area contributed by atoms with Gasteiger partial charge in [0.1, 0.15) is 0 Å². The molecule has 0 aromatic heterocycles. The summed E-state index contributed by atoms with van der Waals surface area (Å²) in [5.41, 5.74) is 5.87. The molecule has 0 saturated carbocycles. The molecule has 0 radical (unpaired) electrons. The van der Waals surface area contributed by atoms with Crippen LogP contribution < -0.4 is 5.73 Å². The first-order valence-corrected chi connectivity index (χ1v) is 9.26. The van der Waals surface area contributed by atoms with E-state index >= 15 is 0 Å². The maximum absolute atomic E-state index is 9.28. The van der Waals surface area contributed by atoms with Crippen molar-refractivity contribution in [2.45, 2.75) is 89.5 Å². The minimum atomic E-state index is -0.548. The maximum Gasteiger partial charge on any atom is 0.0448 e. The van der Waals surface area contributed by atoms with Crippen LogP contribution in [0.1, 0.15) is 84.0 Å². The minimum Gasteiger partial charge on any atom is -0.396 e. The lowest BCUT2D eigenvalue weighted by Gasteiger charge is -2.37. The second-order valence-electron chi connectivity index (χ2n) is 6.65. The summed E-state index contributed by atoms with van der Waals surface area (Å²) < 4.78 is 0. The molecule has 0 saturated heterocycles. The van der Waals surface area contributed by atoms with E-state index in [0.29, 0.717) is 19.3 Å². The van der Waals surface area contributed by atoms with Crippen molar-refractivity contribution < 1.29 is 15.3 Å². The topological polar surface area (TPSA) is 86.7 Å². The highest BCUT2D eigenvalue weighted by molar-refractivity contribution is 4.91. The van der Waals surface area contributed by atoms with Crippen LogP contribution in [-0.4, -0.2) is 40.7 Å². The fraction of sp³-hybridized carbons (Fsp3) is 1.00. The van der Waals surface area contributed by atoms with Crippen LogP contribution in [0.2, 0.25) is 0 Å². The third-order valence-electron chi connectivity index (χ3n) is 4.85. The van der Waals surface area contributed by atoms with Crippen molar-refractivity contribution in [1.82, 2.24) is 0 Å². The Hall–Kier alpha value is -0.160. The number of aliphatic hydroxyl groups is 3. The Balaban J connectivity index is 4.06. The lowest BCUT2D eigenvalue weighted by molar-refractivity contribution is 0.117. The first kappa shape index (κ1) is 21.8. The Morgan fingerprint density at radius 3 is 1.68 bits per heavy atom. The van der Waals surface area contributed by atoms with Crippen LogP contribution in [0.25, 0.3) is 0 Å². The summed E-state index contributed by atoms with van der Waals surface area (Å²) in [4.78, 5) is 0. The molecule has 0 aromatic rings. The second-order valence-corrected chi connectivity index (χ2v) is 6.65. The number of rotatable bonds is 16. The molecular formula is C18H39NO3. The number of hydrogen-bond donors (Lipinski definition) is 4. The van der Waals surface area contributed by atoms with Crippen LogP contribution in [-0.2, 0) is 0 Å². The van der Waals surface area contributed by atoms with Crippen molar-refractivity contribution in [3.05, 3.63) is 0 Å². The average molecular weight is 318 g/mol. The lowest BCUT2D eigenvalue weighted by Crippen LogP contribution is -2.49. The Morgan fingerprint density at radius 1 is 0.727 bits per heavy atom. The molecule has 0 fully saturated rings. The van der Waals surface area contributed by atoms with E-state index < -0.39 is 5.54 Å². The van der Waals surface area contributed by atoms with Crippen molar-refractivity contribution in [2.75, 3.05) is 19.8 Å². The lowest BCUT2D eigenvalue weighted by atomic mass is 9.75. The molecule has 0 amide bonds. The molecule has 0 aliphatic carbocycles. The summed E-state index contributed by atoms with van der Waals surface area (Å²) in [5, 5.41) is 27.7. The monoisotopic (exact) mass is 317 g/mol. The first-order valence-electron chi connectivity index (χ1n) is 9.26. The standard InChI is InChI=1S/C18H39NO3/c1-2-3-4-5-6-7-8-9-10-17(11-14-20)18(19,12-15-21)13-16-22/h17,20-22H,2-16,19H2,1H3. The summed E-state index contributed by atoms with van der Waals surface area (Å²) in [6.45, 7) is 2.43. The summed E-state index contributed by atoms with van der Waals surface area (Å²) in [7, 11) is 0. The SMILES string of the molecule is CCCCCCCCCCC(CCO)C(N)(CCO)CCO. The third kappa shape index (κ3) is 9.78. The molecule has 0 aromatic carbocycles. The van der Waals surface area contributed by atoms with Gasteiger partial charge in [0.25, 0.3) is 0 Å². The predicted molar refractivity (Wildman–Crippen MR) is 92.7 cm³/mol. The van der Waals surface area contributed by atoms with E-state index in [4.69, 9.17) is 5.73 Å². The molecule has 0 bridgehead atoms. The molecule has 0 rings (SSSR count). The van der Waals surface area contributed by atoms with Gasteiger partial charge < -0.3 is 21.1 Å². The normalized spacial score (nSPS) is 13.5. The molecule has 22 heavy (non-hydrogen) atoms. The van der Waals surface area contributed by atoms with E-state index in [-0.39, 0.29) is 25.7 Å². The predicted octanol–water partition coefficient (Wildman–Crippen LogP) is 2.98. The molecule has 5 N–H and O–H groups in total. The van der Waals surface area contributed by atoms with Crippen LogP contribution in [0.4, 0.5) is 0 Å². The fourth-order valence-electron chi connectivity index (χ4n) is 3.35. The van der Waals surface area contributed by atoms with Gasteiger partial charge in [-0.25, -0.2) is 0 Å². The van der Waals surface area contributed by atoms with Gasteiger partial charge in [-0.05, 0) is 31.6 Å². The number of unbranched alkanes of at least 4 members (excludes halogenated alkanes) is 7. The molecule has 0 aliphatic heterocycles. The Kier molecular flexibility index (Phi) is 14.3. The average Bonchev–Trinajstić information content (AvgIpc) is 2.49. The van der Waals surface area contributed by atoms with Gasteiger partial charge in [0.15, 0.2) is 0 Å². The minimum absolute atomic E-state index is 0.0376. The van der Waals surface area contributed by atoms with Crippen LogP contribution in [0, 0.1) is 5.92 Å². The van der Waals surface area contributed by atoms with Crippen LogP contribution >= 0.6 is 0 Å². The van der Waals surface area contributed by atoms with Crippen LogP contribution in [0.3, 0.4) is 0 Å². The highest BCUT2D eigenvalue weighted by atomic mass is 16.3. The number of aliphatic hydroxyl groups excluding tert-OH is 3.